The highest BCUT2D eigenvalue weighted by Crippen LogP contribution is 2.54. The molecule has 0 fully saturated rings. The molecule has 16 rings (SSSR count). The number of fused-ring (bicyclic) bond motifs is 4. The Bertz CT molecular complexity index is 4150. The Balaban J connectivity index is 0.000000170. The zero-order chi connectivity index (χ0) is 64.9. The minimum atomic E-state index is -0.359. The van der Waals surface area contributed by atoms with Gasteiger partial charge in [0.15, 0.2) is 46.0 Å². The molecule has 8 aromatic carbocycles. The second-order valence-electron chi connectivity index (χ2n) is 25.5. The van der Waals surface area contributed by atoms with Crippen LogP contribution in [0.2, 0.25) is 0 Å². The van der Waals surface area contributed by atoms with Gasteiger partial charge in [-0.05, 0) is 221 Å². The molecule has 0 aliphatic carbocycles. The number of benzene rings is 8. The zero-order valence-electron chi connectivity index (χ0n) is 55.4. The molecule has 8 aromatic rings. The molecule has 12 bridgehead atoms. The Morgan fingerprint density at radius 1 is 0.398 bits per heavy atom. The SMILES string of the molecule is COc1cc([N+](=O)[O-])c2cc1Oc1ccc(cc1)C[C@H]1c3cc(c(C)cc3CCN1C)Oc1c(OC)c(OC)cc3c1[C@H](C2)N(C)CC3.COc1ccc2cc1Oc1ccc(cc1)C[C@H]1c3cc(c(C)cc3CCN1C)Oc1c(OC)c(OC)cc3c1[C@H](C2)N(C)CC3. The summed E-state index contributed by atoms with van der Waals surface area (Å²) in [5.74, 6) is 8.81. The number of ether oxygens (including phenoxy) is 10. The third kappa shape index (κ3) is 12.1. The van der Waals surface area contributed by atoms with Crippen molar-refractivity contribution in [3.63, 3.8) is 0 Å². The van der Waals surface area contributed by atoms with Gasteiger partial charge in [0.25, 0.3) is 5.69 Å². The normalized spacial score (nSPS) is 19.1. The van der Waals surface area contributed by atoms with E-state index in [1.807, 2.05) is 31.3 Å². The number of aryl methyl sites for hydroxylation is 2. The smallest absolute Gasteiger partial charge is 0.276 e. The van der Waals surface area contributed by atoms with Crippen LogP contribution in [0.1, 0.15) is 102 Å². The summed E-state index contributed by atoms with van der Waals surface area (Å²) < 4.78 is 62.0. The minimum Gasteiger partial charge on any atom is -0.493 e. The van der Waals surface area contributed by atoms with Gasteiger partial charge in [-0.2, -0.15) is 0 Å². The predicted octanol–water partition coefficient (Wildman–Crippen LogP) is 14.8. The van der Waals surface area contributed by atoms with E-state index >= 15 is 0 Å². The Morgan fingerprint density at radius 2 is 0.806 bits per heavy atom. The molecule has 0 saturated heterocycles. The average Bonchev–Trinajstić information content (AvgIpc) is 0.784. The number of methoxy groups -OCH3 is 6. The van der Waals surface area contributed by atoms with Gasteiger partial charge >= 0.3 is 0 Å². The van der Waals surface area contributed by atoms with E-state index < -0.39 is 0 Å². The minimum absolute atomic E-state index is 0.0342. The fourth-order valence-electron chi connectivity index (χ4n) is 14.8. The molecular formula is C76H83N5O12. The van der Waals surface area contributed by atoms with Crippen molar-refractivity contribution in [3.05, 3.63) is 203 Å². The second kappa shape index (κ2) is 26.2. The Hall–Kier alpha value is -9.00. The van der Waals surface area contributed by atoms with Crippen molar-refractivity contribution in [2.45, 2.75) is 89.4 Å². The van der Waals surface area contributed by atoms with Crippen LogP contribution >= 0.6 is 0 Å². The first-order valence-electron chi connectivity index (χ1n) is 32.1. The van der Waals surface area contributed by atoms with E-state index in [1.165, 1.54) is 52.1 Å². The van der Waals surface area contributed by atoms with Gasteiger partial charge in [-0.1, -0.05) is 42.5 Å². The number of nitro groups is 1. The monoisotopic (exact) mass is 1260 g/mol. The van der Waals surface area contributed by atoms with E-state index in [0.29, 0.717) is 69.5 Å². The van der Waals surface area contributed by atoms with Crippen LogP contribution in [0.4, 0.5) is 5.69 Å². The van der Waals surface area contributed by atoms with Gasteiger partial charge in [0, 0.05) is 67.0 Å². The van der Waals surface area contributed by atoms with Crippen molar-refractivity contribution in [1.29, 1.82) is 0 Å². The van der Waals surface area contributed by atoms with E-state index in [0.717, 1.165) is 128 Å². The third-order valence-corrected chi connectivity index (χ3v) is 20.0. The van der Waals surface area contributed by atoms with Crippen molar-refractivity contribution in [2.75, 3.05) is 97.0 Å². The summed E-state index contributed by atoms with van der Waals surface area (Å²) in [7, 11) is 18.4. The highest BCUT2D eigenvalue weighted by molar-refractivity contribution is 5.66. The molecule has 17 heteroatoms. The summed E-state index contributed by atoms with van der Waals surface area (Å²) in [5.41, 5.74) is 15.8. The summed E-state index contributed by atoms with van der Waals surface area (Å²) in [6.45, 7) is 7.88. The molecule has 0 radical (unpaired) electrons. The Morgan fingerprint density at radius 3 is 1.25 bits per heavy atom. The van der Waals surface area contributed by atoms with Crippen molar-refractivity contribution in [3.8, 4) is 80.5 Å². The van der Waals surface area contributed by atoms with Gasteiger partial charge < -0.3 is 47.4 Å². The summed E-state index contributed by atoms with van der Waals surface area (Å²) in [5, 5.41) is 12.5. The lowest BCUT2D eigenvalue weighted by atomic mass is 9.86. The summed E-state index contributed by atoms with van der Waals surface area (Å²) in [6.07, 6.45) is 6.38. The molecule has 4 atom stereocenters. The van der Waals surface area contributed by atoms with Crippen LogP contribution in [-0.4, -0.2) is 122 Å². The van der Waals surface area contributed by atoms with Crippen LogP contribution in [-0.2, 0) is 51.4 Å². The van der Waals surface area contributed by atoms with E-state index in [1.54, 1.807) is 41.6 Å². The van der Waals surface area contributed by atoms with Crippen molar-refractivity contribution >= 4 is 5.69 Å². The van der Waals surface area contributed by atoms with Crippen LogP contribution < -0.4 is 47.4 Å². The third-order valence-electron chi connectivity index (χ3n) is 20.0. The van der Waals surface area contributed by atoms with Gasteiger partial charge in [0.05, 0.1) is 53.6 Å². The summed E-state index contributed by atoms with van der Waals surface area (Å²) >= 11 is 0. The van der Waals surface area contributed by atoms with Crippen LogP contribution in [0, 0.1) is 24.0 Å². The molecule has 8 heterocycles. The van der Waals surface area contributed by atoms with Crippen LogP contribution in [0.3, 0.4) is 0 Å². The average molecular weight is 1260 g/mol. The first-order valence-corrected chi connectivity index (χ1v) is 32.1. The van der Waals surface area contributed by atoms with Crippen molar-refractivity contribution < 1.29 is 52.3 Å². The largest absolute Gasteiger partial charge is 0.493 e. The predicted molar refractivity (Wildman–Crippen MR) is 358 cm³/mol. The molecule has 0 spiro atoms. The molecule has 0 amide bonds. The number of nitro benzene ring substituents is 1. The number of rotatable bonds is 7. The molecule has 0 N–H and O–H groups in total. The molecule has 484 valence electrons. The van der Waals surface area contributed by atoms with Crippen molar-refractivity contribution in [2.24, 2.45) is 0 Å². The quantitative estimate of drug-likeness (QED) is 0.110. The number of likely N-dealkylation sites (N-methyl/N-ethyl adjacent to an activating group) is 4. The van der Waals surface area contributed by atoms with E-state index in [4.69, 9.17) is 47.4 Å². The molecular weight excluding hydrogens is 1170 g/mol. The van der Waals surface area contributed by atoms with Gasteiger partial charge in [-0.15, -0.1) is 0 Å². The van der Waals surface area contributed by atoms with E-state index in [-0.39, 0.29) is 34.8 Å². The van der Waals surface area contributed by atoms with Crippen LogP contribution in [0.5, 0.6) is 80.5 Å². The molecule has 0 saturated carbocycles. The molecule has 0 unspecified atom stereocenters. The van der Waals surface area contributed by atoms with E-state index in [9.17, 15) is 10.1 Å². The van der Waals surface area contributed by atoms with E-state index in [2.05, 4.69) is 133 Å². The standard InChI is InChI=1S/C38H41N3O7.C38H42N2O5/c1-22-15-24-11-13-39(2)30-16-23-7-9-27(10-8-23)47-34-19-26(29(41(42)43)21-33(34)44-4)17-31-36-25(12-14-40(31)3)18-35(45-5)37(46-6)38(36)48-32(22)20-28(24)30;1-23-17-26-13-15-39(2)30-18-24-7-10-28(11-8-24)44-34-20-25(9-12-32(34)41-4)19-31-36-27(14-16-40(31)3)21-35(42-5)37(43-6)38(36)45-33(23)22-29(26)30/h7-10,15,18-21,30-31H,11-14,16-17H2,1-6H3;7-12,17,20-22,30-31H,13-16,18-19H2,1-6H3/t2*30-,31-/m00/s1. The highest BCUT2D eigenvalue weighted by Gasteiger charge is 2.38. The second-order valence-corrected chi connectivity index (χ2v) is 25.5. The Labute approximate surface area is 545 Å². The van der Waals surface area contributed by atoms with Gasteiger partial charge in [0.2, 0.25) is 11.5 Å². The molecule has 8 aliphatic heterocycles. The maximum absolute atomic E-state index is 12.5. The first-order chi connectivity index (χ1) is 45.0. The maximum atomic E-state index is 12.5. The Kier molecular flexibility index (Phi) is 17.7. The fraction of sp³-hybridized carbons (Fsp3) is 0.368. The zero-order valence-corrected chi connectivity index (χ0v) is 55.4. The number of nitrogens with zero attached hydrogens (tertiary/aromatic N) is 5. The van der Waals surface area contributed by atoms with Gasteiger partial charge in [-0.25, -0.2) is 0 Å². The summed E-state index contributed by atoms with van der Waals surface area (Å²) in [4.78, 5) is 21.6. The fourth-order valence-corrected chi connectivity index (χ4v) is 14.8. The highest BCUT2D eigenvalue weighted by atomic mass is 16.6. The topological polar surface area (TPSA) is 148 Å². The molecule has 17 nitrogen and oxygen atoms in total. The first kappa shape index (κ1) is 62.8. The van der Waals surface area contributed by atoms with Gasteiger partial charge in [0.1, 0.15) is 23.0 Å². The van der Waals surface area contributed by atoms with Crippen LogP contribution in [0.25, 0.3) is 0 Å². The lowest BCUT2D eigenvalue weighted by Crippen LogP contribution is -2.34. The molecule has 93 heavy (non-hydrogen) atoms. The van der Waals surface area contributed by atoms with Crippen molar-refractivity contribution in [1.82, 2.24) is 19.6 Å². The summed E-state index contributed by atoms with van der Waals surface area (Å²) in [6, 6.07) is 39.3. The maximum Gasteiger partial charge on any atom is 0.276 e. The lowest BCUT2D eigenvalue weighted by molar-refractivity contribution is -0.385. The number of hydrogen-bond acceptors (Lipinski definition) is 16. The lowest BCUT2D eigenvalue weighted by Gasteiger charge is -2.37. The molecule has 0 aromatic heterocycles. The molecule has 8 aliphatic rings. The van der Waals surface area contributed by atoms with Crippen LogP contribution in [0.15, 0.2) is 115 Å². The van der Waals surface area contributed by atoms with Gasteiger partial charge in [-0.3, -0.25) is 29.7 Å². The number of hydrogen-bond donors (Lipinski definition) is 0.